The smallest absolute Gasteiger partial charge is 0.270 e. The molecule has 0 atom stereocenters. The van der Waals surface area contributed by atoms with E-state index >= 15 is 0 Å². The number of amides is 1. The molecule has 2 rings (SSSR count). The highest BCUT2D eigenvalue weighted by Gasteiger charge is 2.15. The first-order chi connectivity index (χ1) is 12.4. The van der Waals surface area contributed by atoms with Crippen LogP contribution in [-0.2, 0) is 4.74 Å². The van der Waals surface area contributed by atoms with Crippen molar-refractivity contribution in [2.24, 2.45) is 0 Å². The Morgan fingerprint density at radius 2 is 1.77 bits per heavy atom. The molecule has 5 nitrogen and oxygen atoms in total. The molecular weight excluding hydrogens is 326 g/mol. The molecule has 2 aromatic rings. The summed E-state index contributed by atoms with van der Waals surface area (Å²) < 4.78 is 4.95. The second-order valence-corrected chi connectivity index (χ2v) is 6.92. The van der Waals surface area contributed by atoms with Crippen LogP contribution in [0.3, 0.4) is 0 Å². The summed E-state index contributed by atoms with van der Waals surface area (Å²) in [5.74, 6) is 0.594. The van der Waals surface area contributed by atoms with Crippen molar-refractivity contribution in [1.82, 2.24) is 10.3 Å². The van der Waals surface area contributed by atoms with Crippen LogP contribution in [0.2, 0.25) is 0 Å². The molecule has 0 aliphatic rings. The molecule has 2 N–H and O–H groups in total. The molecule has 0 fully saturated rings. The fourth-order valence-electron chi connectivity index (χ4n) is 2.83. The molecule has 0 unspecified atom stereocenters. The first-order valence-electron chi connectivity index (χ1n) is 9.07. The van der Waals surface area contributed by atoms with Gasteiger partial charge in [-0.05, 0) is 35.1 Å². The monoisotopic (exact) mass is 355 g/mol. The number of carbonyl (C=O) groups is 1. The standard InChI is InChI=1S/C21H29N3O2/c1-14(2)17-7-6-8-18(15(3)4)20(17)24-16-9-10-22-19(13-16)21(25)23-11-12-26-5/h6-10,13-15H,11-12H2,1-5H3,(H,22,24)(H,23,25). The number of para-hydroxylation sites is 1. The van der Waals surface area contributed by atoms with E-state index in [0.29, 0.717) is 30.7 Å². The molecule has 0 radical (unpaired) electrons. The fraction of sp³-hybridized carbons (Fsp3) is 0.429. The highest BCUT2D eigenvalue weighted by Crippen LogP contribution is 2.34. The molecule has 0 bridgehead atoms. The Morgan fingerprint density at radius 3 is 2.35 bits per heavy atom. The van der Waals surface area contributed by atoms with Crippen molar-refractivity contribution in [3.63, 3.8) is 0 Å². The topological polar surface area (TPSA) is 63.2 Å². The number of benzene rings is 1. The van der Waals surface area contributed by atoms with Gasteiger partial charge in [0.15, 0.2) is 0 Å². The highest BCUT2D eigenvalue weighted by atomic mass is 16.5. The van der Waals surface area contributed by atoms with Crippen molar-refractivity contribution in [3.8, 4) is 0 Å². The molecular formula is C21H29N3O2. The van der Waals surface area contributed by atoms with Gasteiger partial charge in [0.05, 0.1) is 6.61 Å². The third kappa shape index (κ3) is 5.05. The van der Waals surface area contributed by atoms with E-state index in [-0.39, 0.29) is 5.91 Å². The number of hydrogen-bond donors (Lipinski definition) is 2. The minimum Gasteiger partial charge on any atom is -0.383 e. The van der Waals surface area contributed by atoms with Crippen LogP contribution in [0.15, 0.2) is 36.5 Å². The van der Waals surface area contributed by atoms with Crippen LogP contribution in [0.5, 0.6) is 0 Å². The van der Waals surface area contributed by atoms with Crippen LogP contribution < -0.4 is 10.6 Å². The van der Waals surface area contributed by atoms with Crippen LogP contribution in [-0.4, -0.2) is 31.2 Å². The number of anilines is 2. The summed E-state index contributed by atoms with van der Waals surface area (Å²) in [5, 5.41) is 6.32. The zero-order valence-electron chi connectivity index (χ0n) is 16.3. The summed E-state index contributed by atoms with van der Waals surface area (Å²) in [5.41, 5.74) is 4.89. The molecule has 0 saturated heterocycles. The van der Waals surface area contributed by atoms with Crippen molar-refractivity contribution >= 4 is 17.3 Å². The second-order valence-electron chi connectivity index (χ2n) is 6.92. The van der Waals surface area contributed by atoms with E-state index in [1.54, 1.807) is 19.4 Å². The van der Waals surface area contributed by atoms with Gasteiger partial charge in [-0.25, -0.2) is 0 Å². The molecule has 1 aromatic carbocycles. The highest BCUT2D eigenvalue weighted by molar-refractivity contribution is 5.93. The second kappa shape index (κ2) is 9.34. The van der Waals surface area contributed by atoms with Gasteiger partial charge in [-0.3, -0.25) is 9.78 Å². The van der Waals surface area contributed by atoms with E-state index < -0.39 is 0 Å². The van der Waals surface area contributed by atoms with E-state index in [9.17, 15) is 4.79 Å². The summed E-state index contributed by atoms with van der Waals surface area (Å²) in [6, 6.07) is 10.1. The first-order valence-corrected chi connectivity index (χ1v) is 9.07. The van der Waals surface area contributed by atoms with Gasteiger partial charge in [-0.15, -0.1) is 0 Å². The van der Waals surface area contributed by atoms with Crippen molar-refractivity contribution in [3.05, 3.63) is 53.3 Å². The summed E-state index contributed by atoms with van der Waals surface area (Å²) in [4.78, 5) is 16.4. The van der Waals surface area contributed by atoms with Gasteiger partial charge >= 0.3 is 0 Å². The van der Waals surface area contributed by atoms with Crippen molar-refractivity contribution in [2.45, 2.75) is 39.5 Å². The number of hydrogen-bond acceptors (Lipinski definition) is 4. The molecule has 1 aromatic heterocycles. The molecule has 0 aliphatic carbocycles. The number of aromatic nitrogens is 1. The van der Waals surface area contributed by atoms with E-state index in [1.807, 2.05) is 6.07 Å². The summed E-state index contributed by atoms with van der Waals surface area (Å²) >= 11 is 0. The summed E-state index contributed by atoms with van der Waals surface area (Å²) in [7, 11) is 1.60. The van der Waals surface area contributed by atoms with Gasteiger partial charge in [0.1, 0.15) is 5.69 Å². The van der Waals surface area contributed by atoms with E-state index in [2.05, 4.69) is 61.5 Å². The minimum atomic E-state index is -0.202. The predicted octanol–water partition coefficient (Wildman–Crippen LogP) is 4.45. The molecule has 5 heteroatoms. The minimum absolute atomic E-state index is 0.202. The lowest BCUT2D eigenvalue weighted by molar-refractivity contribution is 0.0932. The van der Waals surface area contributed by atoms with Crippen LogP contribution in [0.4, 0.5) is 11.4 Å². The van der Waals surface area contributed by atoms with Gasteiger partial charge in [0.25, 0.3) is 5.91 Å². The lowest BCUT2D eigenvalue weighted by Gasteiger charge is -2.21. The number of pyridine rings is 1. The Balaban J connectivity index is 2.29. The summed E-state index contributed by atoms with van der Waals surface area (Å²) in [6.07, 6.45) is 1.65. The number of methoxy groups -OCH3 is 1. The molecule has 1 heterocycles. The maximum absolute atomic E-state index is 12.2. The summed E-state index contributed by atoms with van der Waals surface area (Å²) in [6.45, 7) is 9.68. The van der Waals surface area contributed by atoms with Crippen LogP contribution in [0.25, 0.3) is 0 Å². The van der Waals surface area contributed by atoms with Crippen molar-refractivity contribution < 1.29 is 9.53 Å². The molecule has 0 spiro atoms. The van der Waals surface area contributed by atoms with Gasteiger partial charge in [0.2, 0.25) is 0 Å². The normalized spacial score (nSPS) is 11.0. The van der Waals surface area contributed by atoms with E-state index in [0.717, 1.165) is 11.4 Å². The van der Waals surface area contributed by atoms with Crippen molar-refractivity contribution in [2.75, 3.05) is 25.6 Å². The van der Waals surface area contributed by atoms with Gasteiger partial charge in [-0.2, -0.15) is 0 Å². The third-order valence-electron chi connectivity index (χ3n) is 4.23. The Kier molecular flexibility index (Phi) is 7.16. The number of nitrogens with one attached hydrogen (secondary N) is 2. The Hall–Kier alpha value is -2.40. The van der Waals surface area contributed by atoms with Crippen molar-refractivity contribution in [1.29, 1.82) is 0 Å². The third-order valence-corrected chi connectivity index (χ3v) is 4.23. The van der Waals surface area contributed by atoms with E-state index in [1.165, 1.54) is 11.1 Å². The lowest BCUT2D eigenvalue weighted by Crippen LogP contribution is -2.27. The van der Waals surface area contributed by atoms with Gasteiger partial charge < -0.3 is 15.4 Å². The molecule has 26 heavy (non-hydrogen) atoms. The Morgan fingerprint density at radius 1 is 1.12 bits per heavy atom. The SMILES string of the molecule is COCCNC(=O)c1cc(Nc2c(C(C)C)cccc2C(C)C)ccn1. The molecule has 140 valence electrons. The largest absolute Gasteiger partial charge is 0.383 e. The average molecular weight is 355 g/mol. The molecule has 0 aliphatic heterocycles. The average Bonchev–Trinajstić information content (AvgIpc) is 2.61. The Bertz CT molecular complexity index is 716. The number of rotatable bonds is 8. The number of carbonyl (C=O) groups excluding carboxylic acids is 1. The number of nitrogens with zero attached hydrogens (tertiary/aromatic N) is 1. The molecule has 1 amide bonds. The van der Waals surface area contributed by atoms with Crippen LogP contribution in [0, 0.1) is 0 Å². The zero-order valence-corrected chi connectivity index (χ0v) is 16.3. The maximum atomic E-state index is 12.2. The maximum Gasteiger partial charge on any atom is 0.270 e. The lowest BCUT2D eigenvalue weighted by atomic mass is 9.92. The van der Waals surface area contributed by atoms with Crippen LogP contribution >= 0.6 is 0 Å². The first kappa shape index (κ1) is 19.9. The van der Waals surface area contributed by atoms with Gasteiger partial charge in [-0.1, -0.05) is 45.9 Å². The van der Waals surface area contributed by atoms with Crippen LogP contribution in [0.1, 0.15) is 61.1 Å². The zero-order chi connectivity index (χ0) is 19.1. The van der Waals surface area contributed by atoms with E-state index in [4.69, 9.17) is 4.74 Å². The number of ether oxygens (including phenoxy) is 1. The molecule has 0 saturated carbocycles. The predicted molar refractivity (Wildman–Crippen MR) is 106 cm³/mol. The Labute approximate surface area is 156 Å². The van der Waals surface area contributed by atoms with Gasteiger partial charge in [0, 0.05) is 31.2 Å². The fourth-order valence-corrected chi connectivity index (χ4v) is 2.83. The quantitative estimate of drug-likeness (QED) is 0.687.